The summed E-state index contributed by atoms with van der Waals surface area (Å²) in [6, 6.07) is 9.41. The van der Waals surface area contributed by atoms with Crippen LogP contribution in [0.3, 0.4) is 0 Å². The summed E-state index contributed by atoms with van der Waals surface area (Å²) in [6.45, 7) is 1.27. The Hall–Kier alpha value is -2.56. The van der Waals surface area contributed by atoms with E-state index in [-0.39, 0.29) is 11.8 Å². The number of amides is 2. The largest absolute Gasteiger partial charge is 0.355 e. The fourth-order valence-corrected chi connectivity index (χ4v) is 2.86. The fourth-order valence-electron chi connectivity index (χ4n) is 2.86. The highest BCUT2D eigenvalue weighted by Gasteiger charge is 2.23. The van der Waals surface area contributed by atoms with Gasteiger partial charge >= 0.3 is 0 Å². The maximum atomic E-state index is 12.6. The van der Waals surface area contributed by atoms with Crippen molar-refractivity contribution >= 4 is 11.8 Å². The van der Waals surface area contributed by atoms with Gasteiger partial charge in [-0.3, -0.25) is 9.59 Å². The zero-order chi connectivity index (χ0) is 15.7. The second kappa shape index (κ2) is 5.67. The second-order valence-corrected chi connectivity index (χ2v) is 5.54. The normalized spacial score (nSPS) is 13.6. The van der Waals surface area contributed by atoms with Gasteiger partial charge in [0, 0.05) is 38.9 Å². The number of nitrogens with zero attached hydrogens (tertiary/aromatic N) is 2. The molecule has 1 aliphatic rings. The van der Waals surface area contributed by atoms with E-state index in [0.29, 0.717) is 24.3 Å². The van der Waals surface area contributed by atoms with Crippen LogP contribution in [0.1, 0.15) is 32.0 Å². The average molecular weight is 297 g/mol. The van der Waals surface area contributed by atoms with Gasteiger partial charge in [-0.2, -0.15) is 0 Å². The van der Waals surface area contributed by atoms with Crippen LogP contribution in [0, 0.1) is 0 Å². The molecule has 3 rings (SSSR count). The molecule has 0 atom stereocenters. The lowest BCUT2D eigenvalue weighted by molar-refractivity contribution is 0.0724. The molecule has 1 aromatic heterocycles. The summed E-state index contributed by atoms with van der Waals surface area (Å²) in [6.07, 6.45) is 2.65. The zero-order valence-corrected chi connectivity index (χ0v) is 12.8. The number of hydrogen-bond donors (Lipinski definition) is 1. The molecule has 2 heterocycles. The third kappa shape index (κ3) is 2.50. The molecule has 1 N–H and O–H groups in total. The maximum absolute atomic E-state index is 12.6. The number of nitrogens with one attached hydrogen (secondary N) is 1. The molecule has 0 radical (unpaired) electrons. The lowest BCUT2D eigenvalue weighted by Gasteiger charge is -2.29. The van der Waals surface area contributed by atoms with Gasteiger partial charge in [0.1, 0.15) is 5.69 Å². The number of carbonyl (C=O) groups excluding carboxylic acids is 2. The third-order valence-corrected chi connectivity index (χ3v) is 4.16. The molecule has 0 aliphatic carbocycles. The Bertz CT molecular complexity index is 733. The molecule has 0 saturated carbocycles. The average Bonchev–Trinajstić information content (AvgIpc) is 2.98. The van der Waals surface area contributed by atoms with Gasteiger partial charge in [-0.15, -0.1) is 0 Å². The number of hydrogen-bond acceptors (Lipinski definition) is 2. The van der Waals surface area contributed by atoms with Crippen LogP contribution in [-0.2, 0) is 20.0 Å². The van der Waals surface area contributed by atoms with Crippen molar-refractivity contribution in [2.45, 2.75) is 13.0 Å². The maximum Gasteiger partial charge on any atom is 0.270 e. The summed E-state index contributed by atoms with van der Waals surface area (Å²) in [5.41, 5.74) is 3.63. The molecule has 22 heavy (non-hydrogen) atoms. The summed E-state index contributed by atoms with van der Waals surface area (Å²) >= 11 is 0. The van der Waals surface area contributed by atoms with Crippen molar-refractivity contribution in [2.75, 3.05) is 13.6 Å². The Labute approximate surface area is 129 Å². The van der Waals surface area contributed by atoms with E-state index in [1.54, 1.807) is 7.05 Å². The molecular formula is C17H19N3O2. The second-order valence-electron chi connectivity index (χ2n) is 5.54. The van der Waals surface area contributed by atoms with E-state index in [1.165, 1.54) is 0 Å². The standard InChI is InChI=1S/C17H19N3O2/c1-18-16(21)13-5-6-14-11-20(9-7-12(14)10-13)17(22)15-4-3-8-19(15)2/h3-6,8,10H,7,9,11H2,1-2H3,(H,18,21). The predicted molar refractivity (Wildman–Crippen MR) is 83.7 cm³/mol. The monoisotopic (exact) mass is 297 g/mol. The van der Waals surface area contributed by atoms with Crippen LogP contribution in [-0.4, -0.2) is 34.9 Å². The lowest BCUT2D eigenvalue weighted by Crippen LogP contribution is -2.37. The Kier molecular flexibility index (Phi) is 3.71. The van der Waals surface area contributed by atoms with Gasteiger partial charge in [0.05, 0.1) is 0 Å². The Morgan fingerprint density at radius 3 is 2.68 bits per heavy atom. The number of aromatic nitrogens is 1. The lowest BCUT2D eigenvalue weighted by atomic mass is 9.97. The number of carbonyl (C=O) groups is 2. The zero-order valence-electron chi connectivity index (χ0n) is 12.8. The Balaban J connectivity index is 1.81. The van der Waals surface area contributed by atoms with Crippen LogP contribution >= 0.6 is 0 Å². The Morgan fingerprint density at radius 2 is 2.00 bits per heavy atom. The Morgan fingerprint density at radius 1 is 1.18 bits per heavy atom. The molecule has 0 unspecified atom stereocenters. The van der Waals surface area contributed by atoms with Gasteiger partial charge in [-0.25, -0.2) is 0 Å². The molecule has 2 amide bonds. The molecule has 5 nitrogen and oxygen atoms in total. The highest BCUT2D eigenvalue weighted by atomic mass is 16.2. The molecular weight excluding hydrogens is 278 g/mol. The van der Waals surface area contributed by atoms with Crippen molar-refractivity contribution in [2.24, 2.45) is 7.05 Å². The smallest absolute Gasteiger partial charge is 0.270 e. The van der Waals surface area contributed by atoms with Crippen LogP contribution < -0.4 is 5.32 Å². The molecule has 5 heteroatoms. The van der Waals surface area contributed by atoms with E-state index in [2.05, 4.69) is 5.32 Å². The highest BCUT2D eigenvalue weighted by Crippen LogP contribution is 2.22. The highest BCUT2D eigenvalue weighted by molar-refractivity contribution is 5.94. The summed E-state index contributed by atoms with van der Waals surface area (Å²) in [4.78, 5) is 26.1. The van der Waals surface area contributed by atoms with Crippen molar-refractivity contribution in [1.82, 2.24) is 14.8 Å². The topological polar surface area (TPSA) is 54.3 Å². The molecule has 0 fully saturated rings. The molecule has 2 aromatic rings. The molecule has 1 aromatic carbocycles. The first-order chi connectivity index (χ1) is 10.6. The van der Waals surface area contributed by atoms with E-state index in [1.807, 2.05) is 53.0 Å². The number of aryl methyl sites for hydroxylation is 1. The van der Waals surface area contributed by atoms with Crippen molar-refractivity contribution in [1.29, 1.82) is 0 Å². The number of benzene rings is 1. The van der Waals surface area contributed by atoms with Crippen LogP contribution in [0.2, 0.25) is 0 Å². The van der Waals surface area contributed by atoms with Crippen molar-refractivity contribution < 1.29 is 9.59 Å². The van der Waals surface area contributed by atoms with Crippen molar-refractivity contribution in [3.63, 3.8) is 0 Å². The first kappa shape index (κ1) is 14.4. The fraction of sp³-hybridized carbons (Fsp3) is 0.294. The molecule has 0 saturated heterocycles. The number of rotatable bonds is 2. The van der Waals surface area contributed by atoms with Crippen LogP contribution in [0.4, 0.5) is 0 Å². The van der Waals surface area contributed by atoms with E-state index in [9.17, 15) is 9.59 Å². The van der Waals surface area contributed by atoms with Crippen molar-refractivity contribution in [3.05, 3.63) is 58.9 Å². The summed E-state index contributed by atoms with van der Waals surface area (Å²) in [7, 11) is 3.50. The van der Waals surface area contributed by atoms with Crippen LogP contribution in [0.5, 0.6) is 0 Å². The molecule has 114 valence electrons. The quantitative estimate of drug-likeness (QED) is 0.915. The van der Waals surface area contributed by atoms with E-state index < -0.39 is 0 Å². The van der Waals surface area contributed by atoms with Crippen molar-refractivity contribution in [3.8, 4) is 0 Å². The first-order valence-corrected chi connectivity index (χ1v) is 7.34. The SMILES string of the molecule is CNC(=O)c1ccc2c(c1)CCN(C(=O)c1cccn1C)C2. The molecule has 0 spiro atoms. The first-order valence-electron chi connectivity index (χ1n) is 7.34. The summed E-state index contributed by atoms with van der Waals surface area (Å²) < 4.78 is 1.84. The van der Waals surface area contributed by atoms with Gasteiger partial charge in [0.2, 0.25) is 0 Å². The van der Waals surface area contributed by atoms with E-state index in [0.717, 1.165) is 17.5 Å². The minimum Gasteiger partial charge on any atom is -0.355 e. The minimum absolute atomic E-state index is 0.0496. The summed E-state index contributed by atoms with van der Waals surface area (Å²) in [5.74, 6) is -0.0290. The molecule has 1 aliphatic heterocycles. The van der Waals surface area contributed by atoms with Gasteiger partial charge in [0.25, 0.3) is 11.8 Å². The van der Waals surface area contributed by atoms with Crippen LogP contribution in [0.25, 0.3) is 0 Å². The predicted octanol–water partition coefficient (Wildman–Crippen LogP) is 1.58. The van der Waals surface area contributed by atoms with Gasteiger partial charge in [-0.05, 0) is 41.8 Å². The van der Waals surface area contributed by atoms with Gasteiger partial charge in [0.15, 0.2) is 0 Å². The van der Waals surface area contributed by atoms with E-state index >= 15 is 0 Å². The van der Waals surface area contributed by atoms with Crippen LogP contribution in [0.15, 0.2) is 36.5 Å². The van der Waals surface area contributed by atoms with E-state index in [4.69, 9.17) is 0 Å². The third-order valence-electron chi connectivity index (χ3n) is 4.16. The number of fused-ring (bicyclic) bond motifs is 1. The molecule has 0 bridgehead atoms. The van der Waals surface area contributed by atoms with Gasteiger partial charge in [-0.1, -0.05) is 6.07 Å². The van der Waals surface area contributed by atoms with Gasteiger partial charge < -0.3 is 14.8 Å². The summed E-state index contributed by atoms with van der Waals surface area (Å²) in [5, 5.41) is 2.63. The minimum atomic E-state index is -0.0786.